The summed E-state index contributed by atoms with van der Waals surface area (Å²) in [5.41, 5.74) is 0. The van der Waals surface area contributed by atoms with Gasteiger partial charge in [-0.1, -0.05) is 0 Å². The summed E-state index contributed by atoms with van der Waals surface area (Å²) in [5.74, 6) is -1.92. The predicted octanol–water partition coefficient (Wildman–Crippen LogP) is 1.78. The summed E-state index contributed by atoms with van der Waals surface area (Å²) >= 11 is 0. The maximum atomic E-state index is 12.7. The molecule has 0 N–H and O–H groups in total. The number of aromatic nitrogens is 3. The molecule has 1 aromatic heterocycles. The lowest BCUT2D eigenvalue weighted by Crippen LogP contribution is -2.22. The first-order valence-electron chi connectivity index (χ1n) is 5.96. The van der Waals surface area contributed by atoms with E-state index in [0.29, 0.717) is 19.5 Å². The van der Waals surface area contributed by atoms with Gasteiger partial charge in [0.25, 0.3) is 5.92 Å². The highest BCUT2D eigenvalue weighted by Gasteiger charge is 2.55. The Morgan fingerprint density at radius 2 is 2.29 bits per heavy atom. The fourth-order valence-electron chi connectivity index (χ4n) is 1.95. The molecule has 0 amide bonds. The monoisotopic (exact) mass is 244 g/mol. The van der Waals surface area contributed by atoms with E-state index in [9.17, 15) is 8.78 Å². The lowest BCUT2D eigenvalue weighted by atomic mass is 10.2. The normalized spacial score (nSPS) is 22.1. The third-order valence-corrected chi connectivity index (χ3v) is 3.26. The first-order chi connectivity index (χ1) is 8.03. The molecule has 2 rings (SSSR count). The molecule has 1 saturated carbocycles. The minimum Gasteiger partial charge on any atom is -0.317 e. The molecule has 1 atom stereocenters. The van der Waals surface area contributed by atoms with Gasteiger partial charge in [0.1, 0.15) is 12.2 Å². The Kier molecular flexibility index (Phi) is 3.42. The highest BCUT2D eigenvalue weighted by Crippen LogP contribution is 2.50. The molecule has 1 unspecified atom stereocenters. The van der Waals surface area contributed by atoms with Gasteiger partial charge in [0, 0.05) is 18.9 Å². The van der Waals surface area contributed by atoms with Gasteiger partial charge in [-0.15, -0.1) is 10.2 Å². The van der Waals surface area contributed by atoms with E-state index in [1.165, 1.54) is 0 Å². The highest BCUT2D eigenvalue weighted by atomic mass is 19.3. The maximum Gasteiger partial charge on any atom is 0.251 e. The zero-order chi connectivity index (χ0) is 12.5. The number of nitrogens with zero attached hydrogens (tertiary/aromatic N) is 4. The van der Waals surface area contributed by atoms with Gasteiger partial charge in [0.05, 0.1) is 6.54 Å². The molecule has 1 aliphatic rings. The van der Waals surface area contributed by atoms with Crippen molar-refractivity contribution < 1.29 is 8.78 Å². The van der Waals surface area contributed by atoms with E-state index in [1.807, 2.05) is 23.4 Å². The number of hydrogen-bond donors (Lipinski definition) is 0. The van der Waals surface area contributed by atoms with Crippen LogP contribution in [0.15, 0.2) is 6.33 Å². The summed E-state index contributed by atoms with van der Waals surface area (Å²) < 4.78 is 27.4. The first-order valence-corrected chi connectivity index (χ1v) is 5.96. The van der Waals surface area contributed by atoms with Crippen LogP contribution in [-0.2, 0) is 13.1 Å². The molecule has 1 fully saturated rings. The molecule has 0 radical (unpaired) electrons. The van der Waals surface area contributed by atoms with E-state index in [4.69, 9.17) is 0 Å². The molecule has 1 aromatic rings. The Balaban J connectivity index is 1.76. The maximum absolute atomic E-state index is 12.7. The van der Waals surface area contributed by atoms with Gasteiger partial charge < -0.3 is 4.57 Å². The Labute approximate surface area is 99.6 Å². The van der Waals surface area contributed by atoms with Crippen molar-refractivity contribution in [3.05, 3.63) is 12.2 Å². The zero-order valence-corrected chi connectivity index (χ0v) is 10.2. The fraction of sp³-hybridized carbons (Fsp3) is 0.818. The van der Waals surface area contributed by atoms with E-state index in [1.54, 1.807) is 6.33 Å². The van der Waals surface area contributed by atoms with Crippen molar-refractivity contribution in [1.82, 2.24) is 19.7 Å². The largest absolute Gasteiger partial charge is 0.317 e. The van der Waals surface area contributed by atoms with Gasteiger partial charge in [0.2, 0.25) is 0 Å². The summed E-state index contributed by atoms with van der Waals surface area (Å²) in [6.07, 6.45) is 2.31. The highest BCUT2D eigenvalue weighted by molar-refractivity contribution is 4.95. The van der Waals surface area contributed by atoms with Crippen LogP contribution in [-0.4, -0.2) is 39.2 Å². The standard InChI is InChI=1S/C11H18F2N4/c1-3-17-8-14-15-10(17)7-16(2)5-4-9-6-11(9,12)13/h8-9H,3-7H2,1-2H3. The lowest BCUT2D eigenvalue weighted by Gasteiger charge is -2.15. The van der Waals surface area contributed by atoms with Gasteiger partial charge in [-0.3, -0.25) is 4.90 Å². The summed E-state index contributed by atoms with van der Waals surface area (Å²) in [4.78, 5) is 2.02. The number of hydrogen-bond acceptors (Lipinski definition) is 3. The summed E-state index contributed by atoms with van der Waals surface area (Å²) in [6.45, 7) is 4.19. The zero-order valence-electron chi connectivity index (χ0n) is 10.2. The quantitative estimate of drug-likeness (QED) is 0.765. The molecule has 0 spiro atoms. The van der Waals surface area contributed by atoms with Gasteiger partial charge in [-0.25, -0.2) is 8.78 Å². The minimum absolute atomic E-state index is 0.0615. The van der Waals surface area contributed by atoms with Crippen LogP contribution in [0.3, 0.4) is 0 Å². The first kappa shape index (κ1) is 12.4. The summed E-state index contributed by atoms with van der Waals surface area (Å²) in [7, 11) is 1.93. The second-order valence-electron chi connectivity index (χ2n) is 4.72. The van der Waals surface area contributed by atoms with Gasteiger partial charge in [0.15, 0.2) is 0 Å². The van der Waals surface area contributed by atoms with Crippen molar-refractivity contribution in [3.63, 3.8) is 0 Å². The molecule has 0 aliphatic heterocycles. The molecule has 4 nitrogen and oxygen atoms in total. The Morgan fingerprint density at radius 1 is 1.59 bits per heavy atom. The summed E-state index contributed by atoms with van der Waals surface area (Å²) in [5, 5.41) is 7.86. The third kappa shape index (κ3) is 3.00. The number of aryl methyl sites for hydroxylation is 1. The molecule has 1 aliphatic carbocycles. The van der Waals surface area contributed by atoms with E-state index < -0.39 is 11.8 Å². The fourth-order valence-corrected chi connectivity index (χ4v) is 1.95. The Hall–Kier alpha value is -1.04. The second kappa shape index (κ2) is 4.68. The average Bonchev–Trinajstić information content (AvgIpc) is 2.70. The smallest absolute Gasteiger partial charge is 0.251 e. The Bertz CT molecular complexity index is 377. The molecular formula is C11H18F2N4. The third-order valence-electron chi connectivity index (χ3n) is 3.26. The van der Waals surface area contributed by atoms with Gasteiger partial charge in [-0.05, 0) is 26.9 Å². The number of alkyl halides is 2. The van der Waals surface area contributed by atoms with Gasteiger partial charge in [-0.2, -0.15) is 0 Å². The van der Waals surface area contributed by atoms with Crippen molar-refractivity contribution in [2.24, 2.45) is 5.92 Å². The van der Waals surface area contributed by atoms with E-state index in [2.05, 4.69) is 10.2 Å². The van der Waals surface area contributed by atoms with Crippen LogP contribution >= 0.6 is 0 Å². The van der Waals surface area contributed by atoms with Crippen molar-refractivity contribution in [2.75, 3.05) is 13.6 Å². The SMILES string of the molecule is CCn1cnnc1CN(C)CCC1CC1(F)F. The molecular weight excluding hydrogens is 226 g/mol. The van der Waals surface area contributed by atoms with Crippen LogP contribution in [0.4, 0.5) is 8.78 Å². The van der Waals surface area contributed by atoms with Crippen LogP contribution in [0.2, 0.25) is 0 Å². The van der Waals surface area contributed by atoms with Crippen LogP contribution < -0.4 is 0 Å². The summed E-state index contributed by atoms with van der Waals surface area (Å²) in [6, 6.07) is 0. The van der Waals surface area contributed by atoms with Crippen molar-refractivity contribution >= 4 is 0 Å². The van der Waals surface area contributed by atoms with Crippen LogP contribution in [0, 0.1) is 5.92 Å². The van der Waals surface area contributed by atoms with Crippen molar-refractivity contribution in [2.45, 2.75) is 38.8 Å². The molecule has 0 bridgehead atoms. The van der Waals surface area contributed by atoms with Crippen LogP contribution in [0.25, 0.3) is 0 Å². The van der Waals surface area contributed by atoms with E-state index in [-0.39, 0.29) is 6.42 Å². The topological polar surface area (TPSA) is 34.0 Å². The molecule has 6 heteroatoms. The second-order valence-corrected chi connectivity index (χ2v) is 4.72. The molecule has 0 aromatic carbocycles. The van der Waals surface area contributed by atoms with Gasteiger partial charge >= 0.3 is 0 Å². The number of halogens is 2. The van der Waals surface area contributed by atoms with Crippen molar-refractivity contribution in [1.29, 1.82) is 0 Å². The minimum atomic E-state index is -2.40. The van der Waals surface area contributed by atoms with E-state index in [0.717, 1.165) is 12.4 Å². The predicted molar refractivity (Wildman–Crippen MR) is 59.7 cm³/mol. The molecule has 96 valence electrons. The lowest BCUT2D eigenvalue weighted by molar-refractivity contribution is 0.0943. The molecule has 1 heterocycles. The average molecular weight is 244 g/mol. The van der Waals surface area contributed by atoms with E-state index >= 15 is 0 Å². The van der Waals surface area contributed by atoms with Crippen LogP contribution in [0.1, 0.15) is 25.6 Å². The Morgan fingerprint density at radius 3 is 2.88 bits per heavy atom. The molecule has 0 saturated heterocycles. The number of rotatable bonds is 6. The van der Waals surface area contributed by atoms with Crippen molar-refractivity contribution in [3.8, 4) is 0 Å². The van der Waals surface area contributed by atoms with Crippen LogP contribution in [0.5, 0.6) is 0 Å². The molecule has 17 heavy (non-hydrogen) atoms.